The molecule has 0 saturated heterocycles. The molecule has 0 heterocycles. The lowest BCUT2D eigenvalue weighted by Crippen LogP contribution is -2.17. The van der Waals surface area contributed by atoms with Crippen molar-refractivity contribution in [3.8, 4) is 0 Å². The smallest absolute Gasteiger partial charge is 0.145 e. The number of thioether (sulfide) groups is 1. The minimum atomic E-state index is -0.789. The third kappa shape index (κ3) is 3.56. The van der Waals surface area contributed by atoms with Gasteiger partial charge in [0, 0.05) is 22.3 Å². The van der Waals surface area contributed by atoms with Gasteiger partial charge in [-0.1, -0.05) is 0 Å². The van der Waals surface area contributed by atoms with Gasteiger partial charge in [-0.15, -0.1) is 11.8 Å². The molecule has 0 aliphatic rings. The summed E-state index contributed by atoms with van der Waals surface area (Å²) in [6.45, 7) is 0. The van der Waals surface area contributed by atoms with Gasteiger partial charge in [0.1, 0.15) is 17.5 Å². The number of hydrogen-bond acceptors (Lipinski definition) is 2. The predicted octanol–water partition coefficient (Wildman–Crippen LogP) is 4.66. The molecule has 0 spiro atoms. The SMILES string of the molecule is NC(CSc1ccc(F)cc1)c1c(F)ccc(Br)c1F. The van der Waals surface area contributed by atoms with E-state index in [4.69, 9.17) is 5.73 Å². The van der Waals surface area contributed by atoms with Crippen LogP contribution in [0.5, 0.6) is 0 Å². The number of benzene rings is 2. The van der Waals surface area contributed by atoms with Gasteiger partial charge in [0.15, 0.2) is 0 Å². The number of halogens is 4. The van der Waals surface area contributed by atoms with E-state index in [0.717, 1.165) is 4.90 Å². The van der Waals surface area contributed by atoms with Crippen molar-refractivity contribution in [1.82, 2.24) is 0 Å². The standard InChI is InChI=1S/C14H11BrF3NS/c15-10-5-6-11(17)13(14(10)18)12(19)7-20-9-3-1-8(16)2-4-9/h1-6,12H,7,19H2. The number of nitrogens with two attached hydrogens (primary N) is 1. The summed E-state index contributed by atoms with van der Waals surface area (Å²) in [6.07, 6.45) is 0. The second kappa shape index (κ2) is 6.65. The maximum atomic E-state index is 13.9. The fourth-order valence-electron chi connectivity index (χ4n) is 1.68. The van der Waals surface area contributed by atoms with Gasteiger partial charge in [-0.3, -0.25) is 0 Å². The molecule has 0 amide bonds. The van der Waals surface area contributed by atoms with Gasteiger partial charge in [-0.2, -0.15) is 0 Å². The van der Waals surface area contributed by atoms with Crippen LogP contribution in [-0.4, -0.2) is 5.75 Å². The van der Waals surface area contributed by atoms with Crippen molar-refractivity contribution in [2.75, 3.05) is 5.75 Å². The number of rotatable bonds is 4. The summed E-state index contributed by atoms with van der Waals surface area (Å²) in [5, 5.41) is 0. The average Bonchev–Trinajstić information content (AvgIpc) is 2.43. The summed E-state index contributed by atoms with van der Waals surface area (Å²) >= 11 is 4.32. The monoisotopic (exact) mass is 361 g/mol. The van der Waals surface area contributed by atoms with Gasteiger partial charge in [-0.25, -0.2) is 13.2 Å². The Kier molecular flexibility index (Phi) is 5.12. The summed E-state index contributed by atoms with van der Waals surface area (Å²) in [5.74, 6) is -1.39. The van der Waals surface area contributed by atoms with E-state index < -0.39 is 17.7 Å². The van der Waals surface area contributed by atoms with Gasteiger partial charge in [0.2, 0.25) is 0 Å². The van der Waals surface area contributed by atoms with Crippen molar-refractivity contribution in [1.29, 1.82) is 0 Å². The highest BCUT2D eigenvalue weighted by molar-refractivity contribution is 9.10. The van der Waals surface area contributed by atoms with Crippen LogP contribution < -0.4 is 5.73 Å². The molecule has 2 N–H and O–H groups in total. The molecule has 0 bridgehead atoms. The lowest BCUT2D eigenvalue weighted by atomic mass is 10.1. The first-order valence-corrected chi connectivity index (χ1v) is 7.54. The van der Waals surface area contributed by atoms with Crippen molar-refractivity contribution in [3.05, 3.63) is 63.9 Å². The first-order chi connectivity index (χ1) is 9.49. The van der Waals surface area contributed by atoms with Crippen molar-refractivity contribution < 1.29 is 13.2 Å². The van der Waals surface area contributed by atoms with Crippen LogP contribution in [-0.2, 0) is 0 Å². The van der Waals surface area contributed by atoms with Crippen LogP contribution in [0, 0.1) is 17.5 Å². The van der Waals surface area contributed by atoms with Crippen LogP contribution >= 0.6 is 27.7 Å². The maximum Gasteiger partial charge on any atom is 0.145 e. The Balaban J connectivity index is 2.11. The second-order valence-electron chi connectivity index (χ2n) is 4.13. The van der Waals surface area contributed by atoms with Gasteiger partial charge in [0.25, 0.3) is 0 Å². The molecule has 0 aliphatic heterocycles. The molecule has 6 heteroatoms. The van der Waals surface area contributed by atoms with Gasteiger partial charge in [-0.05, 0) is 52.3 Å². The zero-order valence-corrected chi connectivity index (χ0v) is 12.6. The Hall–Kier alpha value is -0.980. The zero-order chi connectivity index (χ0) is 14.7. The van der Waals surface area contributed by atoms with E-state index in [0.29, 0.717) is 0 Å². The summed E-state index contributed by atoms with van der Waals surface area (Å²) in [5.41, 5.74) is 5.70. The summed E-state index contributed by atoms with van der Waals surface area (Å²) in [7, 11) is 0. The molecule has 106 valence electrons. The molecular formula is C14H11BrF3NS. The molecule has 2 aromatic carbocycles. The van der Waals surface area contributed by atoms with Crippen LogP contribution in [0.25, 0.3) is 0 Å². The first-order valence-electron chi connectivity index (χ1n) is 5.76. The summed E-state index contributed by atoms with van der Waals surface area (Å²) in [4.78, 5) is 0.790. The van der Waals surface area contributed by atoms with Gasteiger partial charge >= 0.3 is 0 Å². The molecule has 2 rings (SSSR count). The Labute approximate surface area is 127 Å². The highest BCUT2D eigenvalue weighted by atomic mass is 79.9. The van der Waals surface area contributed by atoms with Crippen LogP contribution in [0.1, 0.15) is 11.6 Å². The Morgan fingerprint density at radius 1 is 1.05 bits per heavy atom. The molecule has 0 saturated carbocycles. The van der Waals surface area contributed by atoms with E-state index in [1.165, 1.54) is 36.0 Å². The van der Waals surface area contributed by atoms with Crippen LogP contribution in [0.15, 0.2) is 45.8 Å². The van der Waals surface area contributed by atoms with E-state index in [1.54, 1.807) is 12.1 Å². The van der Waals surface area contributed by atoms with E-state index >= 15 is 0 Å². The van der Waals surface area contributed by atoms with Gasteiger partial charge < -0.3 is 5.73 Å². The van der Waals surface area contributed by atoms with Crippen molar-refractivity contribution >= 4 is 27.7 Å². The maximum absolute atomic E-state index is 13.9. The molecule has 20 heavy (non-hydrogen) atoms. The van der Waals surface area contributed by atoms with Crippen molar-refractivity contribution in [2.24, 2.45) is 5.73 Å². The zero-order valence-electron chi connectivity index (χ0n) is 10.2. The minimum absolute atomic E-state index is 0.144. The van der Waals surface area contributed by atoms with Crippen LogP contribution in [0.4, 0.5) is 13.2 Å². The van der Waals surface area contributed by atoms with E-state index in [1.807, 2.05) is 0 Å². The molecule has 1 unspecified atom stereocenters. The molecule has 2 aromatic rings. The molecule has 1 nitrogen and oxygen atoms in total. The Morgan fingerprint density at radius 2 is 1.70 bits per heavy atom. The molecule has 0 aliphatic carbocycles. The fraction of sp³-hybridized carbons (Fsp3) is 0.143. The average molecular weight is 362 g/mol. The van der Waals surface area contributed by atoms with Crippen LogP contribution in [0.3, 0.4) is 0 Å². The highest BCUT2D eigenvalue weighted by Gasteiger charge is 2.19. The minimum Gasteiger partial charge on any atom is -0.323 e. The highest BCUT2D eigenvalue weighted by Crippen LogP contribution is 2.29. The fourth-order valence-corrected chi connectivity index (χ4v) is 2.90. The van der Waals surface area contributed by atoms with Crippen LogP contribution in [0.2, 0.25) is 0 Å². The normalized spacial score (nSPS) is 12.4. The molecule has 0 radical (unpaired) electrons. The summed E-state index contributed by atoms with van der Waals surface area (Å²) in [6, 6.07) is 7.53. The Morgan fingerprint density at radius 3 is 2.35 bits per heavy atom. The molecule has 0 aromatic heterocycles. The van der Waals surface area contributed by atoms with Crippen molar-refractivity contribution in [2.45, 2.75) is 10.9 Å². The largest absolute Gasteiger partial charge is 0.323 e. The van der Waals surface area contributed by atoms with Crippen molar-refractivity contribution in [3.63, 3.8) is 0 Å². The molecule has 1 atom stereocenters. The summed E-state index contributed by atoms with van der Waals surface area (Å²) < 4.78 is 40.5. The van der Waals surface area contributed by atoms with Gasteiger partial charge in [0.05, 0.1) is 4.47 Å². The lowest BCUT2D eigenvalue weighted by Gasteiger charge is -2.14. The third-order valence-electron chi connectivity index (χ3n) is 2.69. The molecule has 0 fully saturated rings. The number of hydrogen-bond donors (Lipinski definition) is 1. The third-order valence-corrected chi connectivity index (χ3v) is 4.44. The van der Waals surface area contributed by atoms with E-state index in [-0.39, 0.29) is 21.6 Å². The van der Waals surface area contributed by atoms with E-state index in [9.17, 15) is 13.2 Å². The second-order valence-corrected chi connectivity index (χ2v) is 6.08. The predicted molar refractivity (Wildman–Crippen MR) is 78.1 cm³/mol. The topological polar surface area (TPSA) is 26.0 Å². The lowest BCUT2D eigenvalue weighted by molar-refractivity contribution is 0.534. The quantitative estimate of drug-likeness (QED) is 0.633. The Bertz CT molecular complexity index is 604. The van der Waals surface area contributed by atoms with E-state index in [2.05, 4.69) is 15.9 Å². The first kappa shape index (κ1) is 15.4. The molecular weight excluding hydrogens is 351 g/mol.